The van der Waals surface area contributed by atoms with Gasteiger partial charge in [-0.05, 0) is 18.6 Å². The van der Waals surface area contributed by atoms with Gasteiger partial charge in [-0.15, -0.1) is 0 Å². The minimum atomic E-state index is -0.243. The van der Waals surface area contributed by atoms with E-state index in [1.807, 2.05) is 42.5 Å². The van der Waals surface area contributed by atoms with Gasteiger partial charge in [0, 0.05) is 10.9 Å². The molecule has 0 spiro atoms. The predicted molar refractivity (Wildman–Crippen MR) is 88.1 cm³/mol. The number of nitrogens with zero attached hydrogens (tertiary/aromatic N) is 1. The van der Waals surface area contributed by atoms with Crippen LogP contribution in [-0.2, 0) is 16.0 Å². The molecule has 1 heterocycles. The number of nitrogens with one attached hydrogen (secondary N) is 1. The van der Waals surface area contributed by atoms with Crippen LogP contribution < -0.4 is 5.56 Å². The molecule has 0 radical (unpaired) electrons. The number of H-pyrrole nitrogens is 1. The zero-order chi connectivity index (χ0) is 16.2. The highest BCUT2D eigenvalue weighted by molar-refractivity contribution is 5.93. The molecule has 0 unspecified atom stereocenters. The Morgan fingerprint density at radius 1 is 1.09 bits per heavy atom. The highest BCUT2D eigenvalue weighted by Crippen LogP contribution is 2.24. The second kappa shape index (κ2) is 6.44. The third kappa shape index (κ3) is 3.13. The summed E-state index contributed by atoms with van der Waals surface area (Å²) < 4.78 is 4.94. The Hall–Kier alpha value is -2.95. The third-order valence-corrected chi connectivity index (χ3v) is 3.58. The van der Waals surface area contributed by atoms with Gasteiger partial charge in [0.15, 0.2) is 0 Å². The normalized spacial score (nSPS) is 10.7. The van der Waals surface area contributed by atoms with Crippen LogP contribution in [0.15, 0.2) is 53.3 Å². The first-order chi connectivity index (χ1) is 11.2. The predicted octanol–water partition coefficient (Wildman–Crippen LogP) is 2.70. The van der Waals surface area contributed by atoms with Gasteiger partial charge >= 0.3 is 5.97 Å². The number of ether oxygens (including phenoxy) is 1. The van der Waals surface area contributed by atoms with Crippen molar-refractivity contribution in [3.05, 3.63) is 64.4 Å². The van der Waals surface area contributed by atoms with Gasteiger partial charge in [-0.2, -0.15) is 5.10 Å². The average molecular weight is 308 g/mol. The van der Waals surface area contributed by atoms with Crippen LogP contribution >= 0.6 is 0 Å². The fourth-order valence-electron chi connectivity index (χ4n) is 2.49. The number of aromatic nitrogens is 2. The van der Waals surface area contributed by atoms with Crippen molar-refractivity contribution in [3.8, 4) is 11.3 Å². The maximum atomic E-state index is 11.8. The van der Waals surface area contributed by atoms with Crippen LogP contribution in [0.1, 0.15) is 12.5 Å². The summed E-state index contributed by atoms with van der Waals surface area (Å²) in [6, 6.07) is 14.9. The summed E-state index contributed by atoms with van der Waals surface area (Å²) in [7, 11) is 0. The van der Waals surface area contributed by atoms with Crippen LogP contribution in [0.2, 0.25) is 0 Å². The van der Waals surface area contributed by atoms with Crippen LogP contribution in [0.25, 0.3) is 22.0 Å². The van der Waals surface area contributed by atoms with E-state index in [2.05, 4.69) is 10.2 Å². The summed E-state index contributed by atoms with van der Waals surface area (Å²) >= 11 is 0. The Morgan fingerprint density at radius 2 is 1.78 bits per heavy atom. The van der Waals surface area contributed by atoms with Crippen LogP contribution in [0.5, 0.6) is 0 Å². The molecule has 2 aromatic carbocycles. The molecular weight excluding hydrogens is 292 g/mol. The lowest BCUT2D eigenvalue weighted by molar-refractivity contribution is -0.142. The van der Waals surface area contributed by atoms with Gasteiger partial charge in [-0.3, -0.25) is 9.59 Å². The summed E-state index contributed by atoms with van der Waals surface area (Å²) in [5.74, 6) is -0.243. The Morgan fingerprint density at radius 3 is 2.48 bits per heavy atom. The summed E-state index contributed by atoms with van der Waals surface area (Å²) in [6.07, 6.45) is 0.244. The fraction of sp³-hybridized carbons (Fsp3) is 0.167. The lowest BCUT2D eigenvalue weighted by Crippen LogP contribution is -2.09. The van der Waals surface area contributed by atoms with E-state index in [9.17, 15) is 9.59 Å². The molecule has 5 nitrogen and oxygen atoms in total. The van der Waals surface area contributed by atoms with Gasteiger partial charge in [0.1, 0.15) is 0 Å². The van der Waals surface area contributed by atoms with E-state index in [-0.39, 0.29) is 17.9 Å². The first-order valence-corrected chi connectivity index (χ1v) is 7.41. The fourth-order valence-corrected chi connectivity index (χ4v) is 2.49. The number of aromatic amines is 1. The molecule has 0 aliphatic heterocycles. The van der Waals surface area contributed by atoms with Crippen LogP contribution in [0.3, 0.4) is 0 Å². The van der Waals surface area contributed by atoms with Gasteiger partial charge in [0.05, 0.1) is 24.1 Å². The molecule has 1 N–H and O–H groups in total. The number of hydrogen-bond acceptors (Lipinski definition) is 4. The minimum absolute atomic E-state index is 0.205. The van der Waals surface area contributed by atoms with E-state index in [0.29, 0.717) is 17.7 Å². The standard InChI is InChI=1S/C18H16N2O3/c1-2-23-16(21)11-12-7-9-13(10-8-12)17-14-5-3-4-6-15(14)18(22)20-19-17/h3-10H,2,11H2,1H3,(H,20,22). The van der Waals surface area contributed by atoms with Crippen molar-refractivity contribution in [2.75, 3.05) is 6.61 Å². The molecule has 3 rings (SSSR count). The molecule has 23 heavy (non-hydrogen) atoms. The number of benzene rings is 2. The third-order valence-electron chi connectivity index (χ3n) is 3.58. The second-order valence-corrected chi connectivity index (χ2v) is 5.13. The molecule has 0 saturated heterocycles. The smallest absolute Gasteiger partial charge is 0.310 e. The van der Waals surface area contributed by atoms with E-state index in [1.165, 1.54) is 0 Å². The quantitative estimate of drug-likeness (QED) is 0.752. The van der Waals surface area contributed by atoms with Crippen molar-refractivity contribution in [2.24, 2.45) is 0 Å². The second-order valence-electron chi connectivity index (χ2n) is 5.13. The number of fused-ring (bicyclic) bond motifs is 1. The molecule has 5 heteroatoms. The van der Waals surface area contributed by atoms with Gasteiger partial charge in [-0.25, -0.2) is 5.10 Å². The average Bonchev–Trinajstić information content (AvgIpc) is 2.57. The lowest BCUT2D eigenvalue weighted by atomic mass is 10.0. The van der Waals surface area contributed by atoms with Crippen LogP contribution in [0.4, 0.5) is 0 Å². The van der Waals surface area contributed by atoms with E-state index in [4.69, 9.17) is 4.74 Å². The Labute approximate surface area is 132 Å². The van der Waals surface area contributed by atoms with Gasteiger partial charge in [0.2, 0.25) is 0 Å². The van der Waals surface area contributed by atoms with Crippen LogP contribution in [-0.4, -0.2) is 22.8 Å². The van der Waals surface area contributed by atoms with Crippen molar-refractivity contribution in [1.29, 1.82) is 0 Å². The monoisotopic (exact) mass is 308 g/mol. The number of carbonyl (C=O) groups is 1. The van der Waals surface area contributed by atoms with Gasteiger partial charge < -0.3 is 4.74 Å². The molecule has 0 aliphatic carbocycles. The Bertz CT molecular complexity index is 898. The molecule has 3 aromatic rings. The van der Waals surface area contributed by atoms with Crippen LogP contribution in [0, 0.1) is 0 Å². The topological polar surface area (TPSA) is 72.0 Å². The van der Waals surface area contributed by atoms with Crippen molar-refractivity contribution < 1.29 is 9.53 Å². The number of rotatable bonds is 4. The highest BCUT2D eigenvalue weighted by Gasteiger charge is 2.09. The maximum Gasteiger partial charge on any atom is 0.310 e. The lowest BCUT2D eigenvalue weighted by Gasteiger charge is -2.06. The maximum absolute atomic E-state index is 11.8. The minimum Gasteiger partial charge on any atom is -0.466 e. The molecule has 116 valence electrons. The van der Waals surface area contributed by atoms with E-state index in [1.54, 1.807) is 13.0 Å². The first-order valence-electron chi connectivity index (χ1n) is 7.41. The van der Waals surface area contributed by atoms with Gasteiger partial charge in [-0.1, -0.05) is 42.5 Å². The summed E-state index contributed by atoms with van der Waals surface area (Å²) in [4.78, 5) is 23.3. The van der Waals surface area contributed by atoms with Crippen molar-refractivity contribution in [3.63, 3.8) is 0 Å². The Balaban J connectivity index is 1.96. The summed E-state index contributed by atoms with van der Waals surface area (Å²) in [5, 5.41) is 8.10. The molecule has 0 fully saturated rings. The molecule has 0 atom stereocenters. The SMILES string of the molecule is CCOC(=O)Cc1ccc(-c2n[nH]c(=O)c3ccccc23)cc1. The first kappa shape index (κ1) is 15.0. The highest BCUT2D eigenvalue weighted by atomic mass is 16.5. The summed E-state index contributed by atoms with van der Waals surface area (Å²) in [5.41, 5.74) is 2.26. The molecular formula is C18H16N2O3. The molecule has 0 amide bonds. The van der Waals surface area contributed by atoms with Gasteiger partial charge in [0.25, 0.3) is 5.56 Å². The molecule has 1 aromatic heterocycles. The number of esters is 1. The number of hydrogen-bond donors (Lipinski definition) is 1. The van der Waals surface area contributed by atoms with Crippen molar-refractivity contribution in [1.82, 2.24) is 10.2 Å². The molecule has 0 bridgehead atoms. The van der Waals surface area contributed by atoms with E-state index in [0.717, 1.165) is 16.5 Å². The molecule has 0 saturated carbocycles. The zero-order valence-corrected chi connectivity index (χ0v) is 12.7. The summed E-state index contributed by atoms with van der Waals surface area (Å²) in [6.45, 7) is 2.16. The number of carbonyl (C=O) groups excluding carboxylic acids is 1. The van der Waals surface area contributed by atoms with Crippen molar-refractivity contribution >= 4 is 16.7 Å². The molecule has 0 aliphatic rings. The van der Waals surface area contributed by atoms with Crippen molar-refractivity contribution in [2.45, 2.75) is 13.3 Å². The van der Waals surface area contributed by atoms with E-state index < -0.39 is 0 Å². The Kier molecular flexibility index (Phi) is 4.19. The van der Waals surface area contributed by atoms with E-state index >= 15 is 0 Å². The largest absolute Gasteiger partial charge is 0.466 e. The zero-order valence-electron chi connectivity index (χ0n) is 12.7.